The summed E-state index contributed by atoms with van der Waals surface area (Å²) in [6.07, 6.45) is 0. The van der Waals surface area contributed by atoms with E-state index in [2.05, 4.69) is 87.5 Å². The van der Waals surface area contributed by atoms with Gasteiger partial charge in [0.15, 0.2) is 0 Å². The molecule has 4 aromatic rings. The first-order valence-corrected chi connectivity index (χ1v) is 8.87. The van der Waals surface area contributed by atoms with Crippen LogP contribution in [-0.4, -0.2) is 0 Å². The molecule has 0 aliphatic rings. The minimum atomic E-state index is 0.169. The largest absolute Gasteiger partial charge is 0.135 e. The van der Waals surface area contributed by atoms with Crippen LogP contribution in [0, 0.1) is 0 Å². The highest BCUT2D eigenvalue weighted by Crippen LogP contribution is 2.41. The summed E-state index contributed by atoms with van der Waals surface area (Å²) in [4.78, 5) is 0. The standard InChI is InChI=1S/C22H20S/c1-22(2,3)19-11-7-10-18-17-13-12-16(14-20(17)23-21(18)19)15-8-5-4-6-9-15/h4-14H,1-3H3. The molecule has 23 heavy (non-hydrogen) atoms. The Morgan fingerprint density at radius 1 is 0.696 bits per heavy atom. The highest BCUT2D eigenvalue weighted by Gasteiger charge is 2.19. The molecule has 3 aromatic carbocycles. The summed E-state index contributed by atoms with van der Waals surface area (Å²) >= 11 is 1.92. The Kier molecular flexibility index (Phi) is 3.28. The summed E-state index contributed by atoms with van der Waals surface area (Å²) in [7, 11) is 0. The molecule has 0 N–H and O–H groups in total. The van der Waals surface area contributed by atoms with Crippen LogP contribution in [0.15, 0.2) is 66.7 Å². The van der Waals surface area contributed by atoms with E-state index in [0.29, 0.717) is 0 Å². The van der Waals surface area contributed by atoms with Gasteiger partial charge in [-0.1, -0.05) is 81.4 Å². The van der Waals surface area contributed by atoms with Gasteiger partial charge in [0.25, 0.3) is 0 Å². The summed E-state index contributed by atoms with van der Waals surface area (Å²) in [6.45, 7) is 6.88. The van der Waals surface area contributed by atoms with Crippen LogP contribution in [0.25, 0.3) is 31.3 Å². The lowest BCUT2D eigenvalue weighted by atomic mass is 9.86. The van der Waals surface area contributed by atoms with Crippen molar-refractivity contribution in [2.24, 2.45) is 0 Å². The molecule has 0 nitrogen and oxygen atoms in total. The minimum Gasteiger partial charge on any atom is -0.135 e. The zero-order valence-corrected chi connectivity index (χ0v) is 14.6. The van der Waals surface area contributed by atoms with Gasteiger partial charge in [0.05, 0.1) is 0 Å². The predicted octanol–water partition coefficient (Wildman–Crippen LogP) is 7.02. The monoisotopic (exact) mass is 316 g/mol. The Balaban J connectivity index is 1.99. The van der Waals surface area contributed by atoms with E-state index in [1.165, 1.54) is 36.9 Å². The van der Waals surface area contributed by atoms with Crippen molar-refractivity contribution in [2.45, 2.75) is 26.2 Å². The van der Waals surface area contributed by atoms with Gasteiger partial charge in [0.1, 0.15) is 0 Å². The van der Waals surface area contributed by atoms with Crippen LogP contribution in [0.3, 0.4) is 0 Å². The van der Waals surface area contributed by atoms with E-state index in [1.807, 2.05) is 11.3 Å². The molecule has 1 aromatic heterocycles. The highest BCUT2D eigenvalue weighted by molar-refractivity contribution is 7.26. The van der Waals surface area contributed by atoms with Crippen LogP contribution < -0.4 is 0 Å². The fourth-order valence-corrected chi connectivity index (χ4v) is 4.66. The van der Waals surface area contributed by atoms with Gasteiger partial charge in [-0.15, -0.1) is 11.3 Å². The number of benzene rings is 3. The Hall–Kier alpha value is -2.12. The second-order valence-electron chi connectivity index (χ2n) is 7.11. The normalized spacial score (nSPS) is 12.1. The topological polar surface area (TPSA) is 0 Å². The molecule has 0 atom stereocenters. The van der Waals surface area contributed by atoms with Gasteiger partial charge in [-0.3, -0.25) is 0 Å². The third-order valence-corrected chi connectivity index (χ3v) is 5.62. The Morgan fingerprint density at radius 2 is 1.48 bits per heavy atom. The lowest BCUT2D eigenvalue weighted by Crippen LogP contribution is -2.10. The quantitative estimate of drug-likeness (QED) is 0.354. The molecule has 114 valence electrons. The molecule has 0 unspecified atom stereocenters. The number of hydrogen-bond donors (Lipinski definition) is 0. The van der Waals surface area contributed by atoms with E-state index in [-0.39, 0.29) is 5.41 Å². The van der Waals surface area contributed by atoms with E-state index < -0.39 is 0 Å². The van der Waals surface area contributed by atoms with E-state index in [0.717, 1.165) is 0 Å². The second kappa shape index (κ2) is 5.21. The van der Waals surface area contributed by atoms with Crippen LogP contribution in [0.5, 0.6) is 0 Å². The minimum absolute atomic E-state index is 0.169. The Bertz CT molecular complexity index is 985. The maximum absolute atomic E-state index is 2.34. The van der Waals surface area contributed by atoms with Gasteiger partial charge in [0.2, 0.25) is 0 Å². The number of fused-ring (bicyclic) bond motifs is 3. The molecule has 0 spiro atoms. The number of hydrogen-bond acceptors (Lipinski definition) is 1. The van der Waals surface area contributed by atoms with Gasteiger partial charge in [-0.25, -0.2) is 0 Å². The summed E-state index contributed by atoms with van der Waals surface area (Å²) in [6, 6.07) is 24.2. The molecule has 0 saturated carbocycles. The first-order chi connectivity index (χ1) is 11.0. The van der Waals surface area contributed by atoms with Gasteiger partial charge < -0.3 is 0 Å². The van der Waals surface area contributed by atoms with E-state index in [9.17, 15) is 0 Å². The zero-order chi connectivity index (χ0) is 16.0. The van der Waals surface area contributed by atoms with Crippen molar-refractivity contribution >= 4 is 31.5 Å². The lowest BCUT2D eigenvalue weighted by Gasteiger charge is -2.19. The molecule has 1 heterocycles. The maximum Gasteiger partial charge on any atom is 0.0392 e. The molecule has 0 aliphatic heterocycles. The SMILES string of the molecule is CC(C)(C)c1cccc2c1sc1cc(-c3ccccc3)ccc12. The van der Waals surface area contributed by atoms with E-state index in [4.69, 9.17) is 0 Å². The van der Waals surface area contributed by atoms with Crippen molar-refractivity contribution in [1.29, 1.82) is 0 Å². The molecule has 0 bridgehead atoms. The molecule has 0 radical (unpaired) electrons. The van der Waals surface area contributed by atoms with Crippen LogP contribution in [-0.2, 0) is 5.41 Å². The van der Waals surface area contributed by atoms with Crippen molar-refractivity contribution in [2.75, 3.05) is 0 Å². The van der Waals surface area contributed by atoms with Gasteiger partial charge in [-0.05, 0) is 28.2 Å². The fraction of sp³-hybridized carbons (Fsp3) is 0.182. The number of rotatable bonds is 1. The molecular formula is C22H20S. The van der Waals surface area contributed by atoms with Crippen molar-refractivity contribution in [3.63, 3.8) is 0 Å². The molecule has 0 saturated heterocycles. The van der Waals surface area contributed by atoms with E-state index in [1.54, 1.807) is 0 Å². The van der Waals surface area contributed by atoms with Gasteiger partial charge >= 0.3 is 0 Å². The first kappa shape index (κ1) is 14.5. The summed E-state index contributed by atoms with van der Waals surface area (Å²) in [5.41, 5.74) is 4.19. The average molecular weight is 316 g/mol. The van der Waals surface area contributed by atoms with Crippen molar-refractivity contribution in [1.82, 2.24) is 0 Å². The van der Waals surface area contributed by atoms with Crippen molar-refractivity contribution in [3.05, 3.63) is 72.3 Å². The molecule has 1 heteroatoms. The highest BCUT2D eigenvalue weighted by atomic mass is 32.1. The lowest BCUT2D eigenvalue weighted by molar-refractivity contribution is 0.597. The smallest absolute Gasteiger partial charge is 0.0392 e. The Labute approximate surface area is 141 Å². The molecule has 0 amide bonds. The zero-order valence-electron chi connectivity index (χ0n) is 13.8. The van der Waals surface area contributed by atoms with Crippen molar-refractivity contribution < 1.29 is 0 Å². The van der Waals surface area contributed by atoms with E-state index >= 15 is 0 Å². The average Bonchev–Trinajstić information content (AvgIpc) is 2.92. The summed E-state index contributed by atoms with van der Waals surface area (Å²) < 4.78 is 2.80. The van der Waals surface area contributed by atoms with Crippen LogP contribution in [0.1, 0.15) is 26.3 Å². The van der Waals surface area contributed by atoms with Crippen LogP contribution in [0.4, 0.5) is 0 Å². The third kappa shape index (κ3) is 2.46. The molecule has 4 rings (SSSR count). The molecular weight excluding hydrogens is 296 g/mol. The fourth-order valence-electron chi connectivity index (χ4n) is 3.20. The van der Waals surface area contributed by atoms with Crippen molar-refractivity contribution in [3.8, 4) is 11.1 Å². The maximum atomic E-state index is 2.34. The van der Waals surface area contributed by atoms with Gasteiger partial charge in [0, 0.05) is 20.2 Å². The van der Waals surface area contributed by atoms with Crippen LogP contribution >= 0.6 is 11.3 Å². The summed E-state index contributed by atoms with van der Waals surface area (Å²) in [5, 5.41) is 2.76. The third-order valence-electron chi connectivity index (χ3n) is 4.41. The first-order valence-electron chi connectivity index (χ1n) is 8.05. The Morgan fingerprint density at radius 3 is 2.22 bits per heavy atom. The molecule has 0 fully saturated rings. The van der Waals surface area contributed by atoms with Crippen LogP contribution in [0.2, 0.25) is 0 Å². The molecule has 0 aliphatic carbocycles. The number of thiophene rings is 1. The second-order valence-corrected chi connectivity index (χ2v) is 8.16. The van der Waals surface area contributed by atoms with Gasteiger partial charge in [-0.2, -0.15) is 0 Å². The summed E-state index contributed by atoms with van der Waals surface area (Å²) in [5.74, 6) is 0. The predicted molar refractivity (Wildman–Crippen MR) is 103 cm³/mol.